The Morgan fingerprint density at radius 2 is 1.82 bits per heavy atom. The van der Waals surface area contributed by atoms with Crippen LogP contribution in [0.4, 0.5) is 28.8 Å². The van der Waals surface area contributed by atoms with Crippen LogP contribution in [-0.4, -0.2) is 69.0 Å². The van der Waals surface area contributed by atoms with Gasteiger partial charge in [0.15, 0.2) is 5.82 Å². The first-order valence-corrected chi connectivity index (χ1v) is 13.9. The smallest absolute Gasteiger partial charge is 0.242 e. The third-order valence-electron chi connectivity index (χ3n) is 6.04. The molecule has 11 nitrogen and oxygen atoms in total. The molecule has 4 rings (SSSR count). The molecule has 0 radical (unpaired) electrons. The highest BCUT2D eigenvalue weighted by atomic mass is 35.5. The van der Waals surface area contributed by atoms with Crippen LogP contribution >= 0.6 is 11.6 Å². The number of benzene rings is 2. The molecule has 0 aliphatic carbocycles. The normalized spacial score (nSPS) is 13.8. The van der Waals surface area contributed by atoms with Crippen LogP contribution in [0.15, 0.2) is 53.6 Å². The number of nitrogens with zero attached hydrogens (tertiary/aromatic N) is 4. The van der Waals surface area contributed by atoms with Crippen LogP contribution in [0.25, 0.3) is 0 Å². The summed E-state index contributed by atoms with van der Waals surface area (Å²) in [7, 11) is -2.36. The van der Waals surface area contributed by atoms with Crippen LogP contribution < -0.4 is 25.0 Å². The zero-order chi connectivity index (χ0) is 27.3. The van der Waals surface area contributed by atoms with E-state index in [2.05, 4.69) is 30.2 Å². The number of sulfonamides is 1. The summed E-state index contributed by atoms with van der Waals surface area (Å²) in [6.07, 6.45) is 1.43. The summed E-state index contributed by atoms with van der Waals surface area (Å²) in [4.78, 5) is 24.5. The lowest BCUT2D eigenvalue weighted by Crippen LogP contribution is -2.48. The second-order valence-corrected chi connectivity index (χ2v) is 10.7. The Hall–Kier alpha value is -3.61. The molecule has 0 saturated carbocycles. The minimum atomic E-state index is -3.71. The van der Waals surface area contributed by atoms with Gasteiger partial charge in [-0.2, -0.15) is 4.98 Å². The molecule has 0 spiro atoms. The largest absolute Gasteiger partial charge is 0.492 e. The molecule has 38 heavy (non-hydrogen) atoms. The maximum atomic E-state index is 12.4. The number of ether oxygens (including phenoxy) is 1. The molecule has 13 heteroatoms. The molecule has 1 aliphatic heterocycles. The van der Waals surface area contributed by atoms with Crippen LogP contribution in [-0.2, 0) is 14.8 Å². The van der Waals surface area contributed by atoms with E-state index in [0.717, 1.165) is 18.8 Å². The van der Waals surface area contributed by atoms with Gasteiger partial charge in [0.25, 0.3) is 0 Å². The number of aromatic nitrogens is 2. The predicted octanol–water partition coefficient (Wildman–Crippen LogP) is 3.59. The van der Waals surface area contributed by atoms with Gasteiger partial charge in [-0.15, -0.1) is 0 Å². The van der Waals surface area contributed by atoms with Crippen molar-refractivity contribution in [1.29, 1.82) is 0 Å². The summed E-state index contributed by atoms with van der Waals surface area (Å²) in [5.41, 5.74) is 1.96. The summed E-state index contributed by atoms with van der Waals surface area (Å²) >= 11 is 6.33. The first-order valence-electron chi connectivity index (χ1n) is 12.1. The third kappa shape index (κ3) is 6.26. The van der Waals surface area contributed by atoms with Crippen LogP contribution in [0, 0.1) is 0 Å². The fourth-order valence-electron chi connectivity index (χ4n) is 4.04. The number of rotatable bonds is 9. The second kappa shape index (κ2) is 11.8. The molecule has 1 amide bonds. The first kappa shape index (κ1) is 27.4. The van der Waals surface area contributed by atoms with Gasteiger partial charge in [0.1, 0.15) is 15.7 Å². The van der Waals surface area contributed by atoms with Crippen molar-refractivity contribution >= 4 is 56.4 Å². The van der Waals surface area contributed by atoms with Gasteiger partial charge in [0, 0.05) is 44.9 Å². The molecule has 3 aromatic rings. The highest BCUT2D eigenvalue weighted by Gasteiger charge is 2.21. The first-order chi connectivity index (χ1) is 18.2. The van der Waals surface area contributed by atoms with Gasteiger partial charge in [-0.05, 0) is 38.2 Å². The molecule has 0 bridgehead atoms. The fourth-order valence-corrected chi connectivity index (χ4v) is 5.07. The lowest BCUT2D eigenvalue weighted by Gasteiger charge is -2.35. The van der Waals surface area contributed by atoms with Gasteiger partial charge < -0.3 is 25.2 Å². The van der Waals surface area contributed by atoms with Crippen molar-refractivity contribution in [2.75, 3.05) is 55.4 Å². The minimum absolute atomic E-state index is 0.0602. The number of amides is 1. The maximum Gasteiger partial charge on any atom is 0.242 e. The summed E-state index contributed by atoms with van der Waals surface area (Å²) in [5.74, 6) is 1.19. The van der Waals surface area contributed by atoms with Gasteiger partial charge in [-0.3, -0.25) is 4.79 Å². The molecule has 1 saturated heterocycles. The summed E-state index contributed by atoms with van der Waals surface area (Å²) < 4.78 is 33.1. The minimum Gasteiger partial charge on any atom is -0.492 e. The van der Waals surface area contributed by atoms with Gasteiger partial charge >= 0.3 is 0 Å². The second-order valence-electron chi connectivity index (χ2n) is 8.45. The molecule has 2 aromatic carbocycles. The average molecular weight is 560 g/mol. The standard InChI is InChI=1S/C25H30ClN7O4S/c1-4-37-22-15-18(33-13-11-32(12-14-33)17(2)34)9-10-20(22)30-25-28-16-19(26)24(31-25)29-21-7-5-6-8-23(21)38(35,36)27-3/h5-10,15-16,27H,4,11-14H2,1-3H3,(H2,28,29,30,31). The number of anilines is 5. The van der Waals surface area contributed by atoms with E-state index in [-0.39, 0.29) is 27.6 Å². The van der Waals surface area contributed by atoms with Crippen molar-refractivity contribution in [2.45, 2.75) is 18.7 Å². The Kier molecular flexibility index (Phi) is 8.55. The molecule has 202 valence electrons. The molecule has 2 heterocycles. The Morgan fingerprint density at radius 1 is 1.08 bits per heavy atom. The van der Waals surface area contributed by atoms with Crippen molar-refractivity contribution in [1.82, 2.24) is 19.6 Å². The zero-order valence-corrected chi connectivity index (χ0v) is 22.9. The highest BCUT2D eigenvalue weighted by molar-refractivity contribution is 7.89. The Morgan fingerprint density at radius 3 is 2.50 bits per heavy atom. The molecular weight excluding hydrogens is 530 g/mol. The number of hydrogen-bond donors (Lipinski definition) is 3. The molecule has 1 aromatic heterocycles. The highest BCUT2D eigenvalue weighted by Crippen LogP contribution is 2.34. The van der Waals surface area contributed by atoms with Gasteiger partial charge in [0.2, 0.25) is 21.9 Å². The lowest BCUT2D eigenvalue weighted by atomic mass is 10.2. The van der Waals surface area contributed by atoms with E-state index in [1.54, 1.807) is 25.1 Å². The molecule has 0 atom stereocenters. The van der Waals surface area contributed by atoms with E-state index >= 15 is 0 Å². The number of piperazine rings is 1. The SMILES string of the molecule is CCOc1cc(N2CCN(C(C)=O)CC2)ccc1Nc1ncc(Cl)c(Nc2ccccc2S(=O)(=O)NC)n1. The quantitative estimate of drug-likeness (QED) is 0.360. The van der Waals surface area contributed by atoms with Crippen molar-refractivity contribution in [2.24, 2.45) is 0 Å². The van der Waals surface area contributed by atoms with E-state index in [1.807, 2.05) is 30.0 Å². The van der Waals surface area contributed by atoms with E-state index in [9.17, 15) is 13.2 Å². The van der Waals surface area contributed by atoms with Crippen LogP contribution in [0.1, 0.15) is 13.8 Å². The number of carbonyl (C=O) groups excluding carboxylic acids is 1. The number of nitrogens with one attached hydrogen (secondary N) is 3. The predicted molar refractivity (Wildman–Crippen MR) is 148 cm³/mol. The van der Waals surface area contributed by atoms with Gasteiger partial charge in [-0.1, -0.05) is 23.7 Å². The number of para-hydroxylation sites is 1. The van der Waals surface area contributed by atoms with E-state index in [0.29, 0.717) is 36.8 Å². The van der Waals surface area contributed by atoms with Crippen molar-refractivity contribution in [3.05, 3.63) is 53.7 Å². The van der Waals surface area contributed by atoms with Crippen molar-refractivity contribution < 1.29 is 17.9 Å². The monoisotopic (exact) mass is 559 g/mol. The van der Waals surface area contributed by atoms with Crippen LogP contribution in [0.5, 0.6) is 5.75 Å². The van der Waals surface area contributed by atoms with E-state index in [1.165, 1.54) is 19.3 Å². The molecule has 1 fully saturated rings. The maximum absolute atomic E-state index is 12.4. The Bertz CT molecular complexity index is 1410. The van der Waals surface area contributed by atoms with E-state index in [4.69, 9.17) is 16.3 Å². The van der Waals surface area contributed by atoms with Gasteiger partial charge in [-0.25, -0.2) is 18.1 Å². The molecule has 3 N–H and O–H groups in total. The fraction of sp³-hybridized carbons (Fsp3) is 0.320. The summed E-state index contributed by atoms with van der Waals surface area (Å²) in [6, 6.07) is 12.3. The van der Waals surface area contributed by atoms with E-state index < -0.39 is 10.0 Å². The van der Waals surface area contributed by atoms with Crippen molar-refractivity contribution in [3.8, 4) is 5.75 Å². The number of hydrogen-bond acceptors (Lipinski definition) is 9. The molecule has 0 unspecified atom stereocenters. The third-order valence-corrected chi connectivity index (χ3v) is 7.79. The average Bonchev–Trinajstić information content (AvgIpc) is 2.92. The van der Waals surface area contributed by atoms with Crippen LogP contribution in [0.3, 0.4) is 0 Å². The summed E-state index contributed by atoms with van der Waals surface area (Å²) in [5, 5.41) is 6.39. The molecule has 1 aliphatic rings. The number of carbonyl (C=O) groups is 1. The van der Waals surface area contributed by atoms with Crippen molar-refractivity contribution in [3.63, 3.8) is 0 Å². The molecular formula is C25H30ClN7O4S. The van der Waals surface area contributed by atoms with Gasteiger partial charge in [0.05, 0.1) is 24.2 Å². The zero-order valence-electron chi connectivity index (χ0n) is 21.4. The summed E-state index contributed by atoms with van der Waals surface area (Å²) in [6.45, 7) is 6.77. The topological polar surface area (TPSA) is 129 Å². The Labute approximate surface area is 227 Å². The lowest BCUT2D eigenvalue weighted by molar-refractivity contribution is -0.129. The number of halogens is 1. The van der Waals surface area contributed by atoms with Crippen LogP contribution in [0.2, 0.25) is 5.02 Å². The Balaban J connectivity index is 1.56.